The van der Waals surface area contributed by atoms with Crippen molar-refractivity contribution in [3.05, 3.63) is 31.8 Å². The van der Waals surface area contributed by atoms with E-state index in [2.05, 4.69) is 45.4 Å². The normalized spacial score (nSPS) is 10.2. The third-order valence-corrected chi connectivity index (χ3v) is 3.72. The van der Waals surface area contributed by atoms with Crippen LogP contribution in [0.3, 0.4) is 0 Å². The first-order chi connectivity index (χ1) is 7.56. The van der Waals surface area contributed by atoms with E-state index in [1.807, 2.05) is 25.2 Å². The quantitative estimate of drug-likeness (QED) is 0.707. The highest BCUT2D eigenvalue weighted by Crippen LogP contribution is 2.20. The van der Waals surface area contributed by atoms with Crippen molar-refractivity contribution in [2.75, 3.05) is 13.6 Å². The SMILES string of the molecule is CCCCN(C)C(=O)c1cc(I)ccc1Br. The molecule has 0 bridgehead atoms. The van der Waals surface area contributed by atoms with Gasteiger partial charge in [-0.25, -0.2) is 0 Å². The van der Waals surface area contributed by atoms with Crippen LogP contribution >= 0.6 is 38.5 Å². The maximum absolute atomic E-state index is 12.1. The number of benzene rings is 1. The minimum Gasteiger partial charge on any atom is -0.342 e. The van der Waals surface area contributed by atoms with Gasteiger partial charge in [-0.3, -0.25) is 4.79 Å². The van der Waals surface area contributed by atoms with Gasteiger partial charge in [0.15, 0.2) is 0 Å². The smallest absolute Gasteiger partial charge is 0.254 e. The summed E-state index contributed by atoms with van der Waals surface area (Å²) in [5.74, 6) is 0.0823. The van der Waals surface area contributed by atoms with Gasteiger partial charge in [0.05, 0.1) is 5.56 Å². The molecule has 0 fully saturated rings. The molecule has 0 aromatic heterocycles. The fourth-order valence-corrected chi connectivity index (χ4v) is 2.27. The third-order valence-electron chi connectivity index (χ3n) is 2.35. The van der Waals surface area contributed by atoms with Crippen LogP contribution in [0.4, 0.5) is 0 Å². The number of hydrogen-bond acceptors (Lipinski definition) is 1. The molecule has 4 heteroatoms. The summed E-state index contributed by atoms with van der Waals surface area (Å²) in [6.07, 6.45) is 2.15. The van der Waals surface area contributed by atoms with Crippen molar-refractivity contribution in [1.82, 2.24) is 4.90 Å². The van der Waals surface area contributed by atoms with Crippen molar-refractivity contribution in [3.8, 4) is 0 Å². The van der Waals surface area contributed by atoms with E-state index in [0.29, 0.717) is 0 Å². The molecule has 0 heterocycles. The summed E-state index contributed by atoms with van der Waals surface area (Å²) in [7, 11) is 1.85. The lowest BCUT2D eigenvalue weighted by Crippen LogP contribution is -2.28. The van der Waals surface area contributed by atoms with Crippen molar-refractivity contribution in [2.24, 2.45) is 0 Å². The van der Waals surface area contributed by atoms with Crippen molar-refractivity contribution in [3.63, 3.8) is 0 Å². The van der Waals surface area contributed by atoms with Gasteiger partial charge in [0.2, 0.25) is 0 Å². The molecule has 0 aliphatic carbocycles. The Hall–Kier alpha value is -0.100. The Morgan fingerprint density at radius 1 is 1.50 bits per heavy atom. The fraction of sp³-hybridized carbons (Fsp3) is 0.417. The van der Waals surface area contributed by atoms with Gasteiger partial charge in [-0.2, -0.15) is 0 Å². The zero-order valence-corrected chi connectivity index (χ0v) is 13.2. The highest BCUT2D eigenvalue weighted by Gasteiger charge is 2.14. The van der Waals surface area contributed by atoms with Crippen LogP contribution in [0.5, 0.6) is 0 Å². The predicted octanol–water partition coefficient (Wildman–Crippen LogP) is 3.93. The minimum absolute atomic E-state index is 0.0823. The minimum atomic E-state index is 0.0823. The Kier molecular flexibility index (Phi) is 5.75. The lowest BCUT2D eigenvalue weighted by Gasteiger charge is -2.17. The summed E-state index contributed by atoms with van der Waals surface area (Å²) in [5, 5.41) is 0. The standard InChI is InChI=1S/C12H15BrINO/c1-3-4-7-15(2)12(16)10-8-9(14)5-6-11(10)13/h5-6,8H,3-4,7H2,1-2H3. The Morgan fingerprint density at radius 2 is 2.19 bits per heavy atom. The first-order valence-corrected chi connectivity index (χ1v) is 7.14. The molecule has 0 spiro atoms. The predicted molar refractivity (Wildman–Crippen MR) is 78.7 cm³/mol. The Balaban J connectivity index is 2.83. The van der Waals surface area contributed by atoms with E-state index in [0.717, 1.165) is 33.0 Å². The number of unbranched alkanes of at least 4 members (excludes halogenated alkanes) is 1. The van der Waals surface area contributed by atoms with E-state index < -0.39 is 0 Å². The first kappa shape index (κ1) is 14.0. The molecule has 2 nitrogen and oxygen atoms in total. The molecule has 16 heavy (non-hydrogen) atoms. The van der Waals surface area contributed by atoms with E-state index in [-0.39, 0.29) is 5.91 Å². The molecule has 0 aliphatic rings. The van der Waals surface area contributed by atoms with Crippen LogP contribution in [-0.4, -0.2) is 24.4 Å². The van der Waals surface area contributed by atoms with Crippen LogP contribution in [0.2, 0.25) is 0 Å². The van der Waals surface area contributed by atoms with Crippen LogP contribution < -0.4 is 0 Å². The van der Waals surface area contributed by atoms with Gasteiger partial charge in [-0.05, 0) is 63.1 Å². The van der Waals surface area contributed by atoms with Crippen LogP contribution in [-0.2, 0) is 0 Å². The first-order valence-electron chi connectivity index (χ1n) is 5.26. The van der Waals surface area contributed by atoms with Crippen LogP contribution in [0, 0.1) is 3.57 Å². The maximum atomic E-state index is 12.1. The van der Waals surface area contributed by atoms with Crippen molar-refractivity contribution in [1.29, 1.82) is 0 Å². The number of rotatable bonds is 4. The second kappa shape index (κ2) is 6.59. The summed E-state index contributed by atoms with van der Waals surface area (Å²) < 4.78 is 1.94. The van der Waals surface area contributed by atoms with Gasteiger partial charge in [0.25, 0.3) is 5.91 Å². The number of carbonyl (C=O) groups excluding carboxylic acids is 1. The van der Waals surface area contributed by atoms with E-state index >= 15 is 0 Å². The molecule has 0 saturated heterocycles. The lowest BCUT2D eigenvalue weighted by molar-refractivity contribution is 0.0792. The summed E-state index contributed by atoms with van der Waals surface area (Å²) in [4.78, 5) is 13.9. The summed E-state index contributed by atoms with van der Waals surface area (Å²) in [6, 6.07) is 5.81. The fourth-order valence-electron chi connectivity index (χ4n) is 1.36. The van der Waals surface area contributed by atoms with E-state index in [9.17, 15) is 4.79 Å². The molecule has 1 aromatic carbocycles. The topological polar surface area (TPSA) is 20.3 Å². The maximum Gasteiger partial charge on any atom is 0.254 e. The van der Waals surface area contributed by atoms with Crippen LogP contribution in [0.25, 0.3) is 0 Å². The zero-order chi connectivity index (χ0) is 12.1. The second-order valence-electron chi connectivity index (χ2n) is 3.70. The van der Waals surface area contributed by atoms with Gasteiger partial charge in [0.1, 0.15) is 0 Å². The molecule has 0 N–H and O–H groups in total. The molecule has 0 atom stereocenters. The number of halogens is 2. The van der Waals surface area contributed by atoms with Crippen LogP contribution in [0.15, 0.2) is 22.7 Å². The molecule has 1 rings (SSSR count). The monoisotopic (exact) mass is 395 g/mol. The highest BCUT2D eigenvalue weighted by molar-refractivity contribution is 14.1. The van der Waals surface area contributed by atoms with Gasteiger partial charge < -0.3 is 4.90 Å². The van der Waals surface area contributed by atoms with E-state index in [1.54, 1.807) is 4.90 Å². The summed E-state index contributed by atoms with van der Waals surface area (Å²) in [6.45, 7) is 2.94. The van der Waals surface area contributed by atoms with E-state index in [4.69, 9.17) is 0 Å². The molecule has 0 unspecified atom stereocenters. The Labute approximate surface area is 119 Å². The third kappa shape index (κ3) is 3.73. The van der Waals surface area contributed by atoms with Gasteiger partial charge in [-0.15, -0.1) is 0 Å². The molecule has 1 aromatic rings. The Bertz CT molecular complexity index is 381. The van der Waals surface area contributed by atoms with Gasteiger partial charge >= 0.3 is 0 Å². The van der Waals surface area contributed by atoms with Crippen molar-refractivity contribution < 1.29 is 4.79 Å². The number of nitrogens with zero attached hydrogens (tertiary/aromatic N) is 1. The molecule has 0 aliphatic heterocycles. The molecule has 88 valence electrons. The Morgan fingerprint density at radius 3 is 2.81 bits per heavy atom. The highest BCUT2D eigenvalue weighted by atomic mass is 127. The van der Waals surface area contributed by atoms with Gasteiger partial charge in [0, 0.05) is 21.6 Å². The second-order valence-corrected chi connectivity index (χ2v) is 5.80. The summed E-state index contributed by atoms with van der Waals surface area (Å²) in [5.41, 5.74) is 0.741. The lowest BCUT2D eigenvalue weighted by atomic mass is 10.2. The number of carbonyl (C=O) groups is 1. The largest absolute Gasteiger partial charge is 0.342 e. The zero-order valence-electron chi connectivity index (χ0n) is 9.46. The molecule has 0 saturated carbocycles. The molecule has 1 amide bonds. The number of amides is 1. The van der Waals surface area contributed by atoms with Gasteiger partial charge in [-0.1, -0.05) is 13.3 Å². The molecular formula is C12H15BrINO. The summed E-state index contributed by atoms with van der Waals surface area (Å²) >= 11 is 5.63. The van der Waals surface area contributed by atoms with E-state index in [1.165, 1.54) is 0 Å². The van der Waals surface area contributed by atoms with Crippen molar-refractivity contribution >= 4 is 44.4 Å². The average Bonchev–Trinajstić information content (AvgIpc) is 2.28. The van der Waals surface area contributed by atoms with Crippen molar-refractivity contribution in [2.45, 2.75) is 19.8 Å². The molecular weight excluding hydrogens is 381 g/mol. The average molecular weight is 396 g/mol. The van der Waals surface area contributed by atoms with Crippen LogP contribution in [0.1, 0.15) is 30.1 Å². The molecule has 0 radical (unpaired) electrons. The number of hydrogen-bond donors (Lipinski definition) is 0.